The fraction of sp³-hybridized carbons (Fsp3) is 0.524. The molecule has 3 N–H and O–H groups in total. The van der Waals surface area contributed by atoms with Gasteiger partial charge in [0.2, 0.25) is 0 Å². The van der Waals surface area contributed by atoms with Crippen molar-refractivity contribution in [3.05, 3.63) is 32.0 Å². The number of amides is 2. The van der Waals surface area contributed by atoms with Gasteiger partial charge in [0, 0.05) is 39.0 Å². The maximum atomic E-state index is 12.9. The second-order valence-electron chi connectivity index (χ2n) is 8.23. The zero-order valence-electron chi connectivity index (χ0n) is 19.1. The number of carboxylic acids is 1. The summed E-state index contributed by atoms with van der Waals surface area (Å²) < 4.78 is 10.9. The quantitative estimate of drug-likeness (QED) is 0.502. The van der Waals surface area contributed by atoms with E-state index in [1.54, 1.807) is 11.8 Å². The van der Waals surface area contributed by atoms with Crippen LogP contribution in [0.15, 0.2) is 0 Å². The van der Waals surface area contributed by atoms with Gasteiger partial charge in [0.25, 0.3) is 11.8 Å². The summed E-state index contributed by atoms with van der Waals surface area (Å²) in [6.07, 6.45) is 0.0953. The highest BCUT2D eigenvalue weighted by Crippen LogP contribution is 2.32. The number of methoxy groups -OCH3 is 1. The Labute approximate surface area is 215 Å². The molecule has 0 saturated carbocycles. The van der Waals surface area contributed by atoms with Gasteiger partial charge in [0.1, 0.15) is 10.6 Å². The van der Waals surface area contributed by atoms with E-state index < -0.39 is 23.9 Å². The molecule has 35 heavy (non-hydrogen) atoms. The van der Waals surface area contributed by atoms with Gasteiger partial charge in [-0.1, -0.05) is 34.5 Å². The lowest BCUT2D eigenvalue weighted by atomic mass is 10.0. The first-order valence-corrected chi connectivity index (χ1v) is 12.5. The molecule has 0 aromatic carbocycles. The minimum Gasteiger partial charge on any atom is -0.477 e. The summed E-state index contributed by atoms with van der Waals surface area (Å²) in [6, 6.07) is -0.324. The average Bonchev–Trinajstić information content (AvgIpc) is 3.42. The van der Waals surface area contributed by atoms with Gasteiger partial charge in [0.05, 0.1) is 35.4 Å². The van der Waals surface area contributed by atoms with Crippen molar-refractivity contribution in [2.24, 2.45) is 0 Å². The van der Waals surface area contributed by atoms with Crippen LogP contribution in [0, 0.1) is 6.92 Å². The number of aromatic nitrogens is 2. The predicted octanol–water partition coefficient (Wildman–Crippen LogP) is 2.28. The van der Waals surface area contributed by atoms with Gasteiger partial charge < -0.3 is 34.7 Å². The van der Waals surface area contributed by atoms with Gasteiger partial charge in [0.15, 0.2) is 10.8 Å². The number of aromatic carboxylic acids is 1. The lowest BCUT2D eigenvalue weighted by Crippen LogP contribution is -2.55. The second-order valence-corrected chi connectivity index (χ2v) is 9.96. The van der Waals surface area contributed by atoms with E-state index in [-0.39, 0.29) is 27.3 Å². The maximum absolute atomic E-state index is 12.9. The summed E-state index contributed by atoms with van der Waals surface area (Å²) in [6.45, 7) is 4.12. The number of nitrogens with one attached hydrogen (secondary N) is 2. The van der Waals surface area contributed by atoms with E-state index in [0.717, 1.165) is 11.3 Å². The molecule has 2 amide bonds. The number of carbonyl (C=O) groups is 3. The van der Waals surface area contributed by atoms with Gasteiger partial charge in [-0.05, 0) is 13.3 Å². The van der Waals surface area contributed by atoms with Crippen LogP contribution in [0.25, 0.3) is 0 Å². The van der Waals surface area contributed by atoms with Crippen molar-refractivity contribution in [2.45, 2.75) is 25.5 Å². The fourth-order valence-electron chi connectivity index (χ4n) is 4.11. The van der Waals surface area contributed by atoms with Gasteiger partial charge in [-0.25, -0.2) is 9.78 Å². The van der Waals surface area contributed by atoms with E-state index in [1.165, 1.54) is 7.11 Å². The van der Waals surface area contributed by atoms with E-state index in [2.05, 4.69) is 15.3 Å². The fourth-order valence-corrected chi connectivity index (χ4v) is 5.46. The van der Waals surface area contributed by atoms with Crippen LogP contribution in [0.5, 0.6) is 0 Å². The normalized spacial score (nSPS) is 20.7. The van der Waals surface area contributed by atoms with Crippen molar-refractivity contribution in [1.29, 1.82) is 0 Å². The van der Waals surface area contributed by atoms with Crippen LogP contribution in [0.2, 0.25) is 10.0 Å². The Hall–Kier alpha value is -2.38. The van der Waals surface area contributed by atoms with Crippen LogP contribution in [0.3, 0.4) is 0 Å². The molecule has 2 aromatic rings. The van der Waals surface area contributed by atoms with Crippen molar-refractivity contribution in [3.8, 4) is 0 Å². The van der Waals surface area contributed by atoms with Crippen LogP contribution in [-0.4, -0.2) is 96.4 Å². The largest absolute Gasteiger partial charge is 0.477 e. The highest BCUT2D eigenvalue weighted by molar-refractivity contribution is 7.17. The van der Waals surface area contributed by atoms with E-state index in [0.29, 0.717) is 61.7 Å². The average molecular weight is 546 g/mol. The van der Waals surface area contributed by atoms with Gasteiger partial charge in [-0.15, -0.1) is 0 Å². The molecule has 0 bridgehead atoms. The number of carbonyl (C=O) groups excluding carboxylic acids is 2. The molecule has 2 aliphatic rings. The SMILES string of the molecule is COC1CN(c2nc(C(=O)N3CCOCC3)c(C(=O)O)s2)CCC1NC(=O)c1[nH]c(C)c(Cl)c1Cl. The number of rotatable bonds is 6. The van der Waals surface area contributed by atoms with E-state index in [4.69, 9.17) is 32.7 Å². The third-order valence-corrected chi connectivity index (χ3v) is 8.09. The van der Waals surface area contributed by atoms with Crippen molar-refractivity contribution < 1.29 is 29.0 Å². The summed E-state index contributed by atoms with van der Waals surface area (Å²) >= 11 is 13.2. The highest BCUT2D eigenvalue weighted by atomic mass is 35.5. The molecule has 190 valence electrons. The lowest BCUT2D eigenvalue weighted by Gasteiger charge is -2.37. The van der Waals surface area contributed by atoms with Crippen molar-refractivity contribution in [1.82, 2.24) is 20.2 Å². The minimum absolute atomic E-state index is 0.0718. The zero-order valence-corrected chi connectivity index (χ0v) is 21.4. The molecule has 2 aliphatic heterocycles. The van der Waals surface area contributed by atoms with Gasteiger partial charge >= 0.3 is 5.97 Å². The Kier molecular flexibility index (Phi) is 7.86. The molecular weight excluding hydrogens is 521 g/mol. The molecule has 4 rings (SSSR count). The summed E-state index contributed by atoms with van der Waals surface area (Å²) in [5, 5.41) is 13.5. The summed E-state index contributed by atoms with van der Waals surface area (Å²) in [5.74, 6) is -2.02. The molecule has 14 heteroatoms. The number of hydrogen-bond donors (Lipinski definition) is 3. The number of hydrogen-bond acceptors (Lipinski definition) is 8. The number of piperidine rings is 1. The third-order valence-electron chi connectivity index (χ3n) is 6.04. The van der Waals surface area contributed by atoms with Crippen LogP contribution >= 0.6 is 34.5 Å². The van der Waals surface area contributed by atoms with Gasteiger partial charge in [-0.3, -0.25) is 9.59 Å². The molecular formula is C21H25Cl2N5O6S. The van der Waals surface area contributed by atoms with Crippen LogP contribution in [-0.2, 0) is 9.47 Å². The number of aromatic amines is 1. The smallest absolute Gasteiger partial charge is 0.348 e. The molecule has 2 atom stereocenters. The van der Waals surface area contributed by atoms with E-state index in [9.17, 15) is 19.5 Å². The van der Waals surface area contributed by atoms with Crippen molar-refractivity contribution in [2.75, 3.05) is 51.4 Å². The van der Waals surface area contributed by atoms with Crippen LogP contribution in [0.4, 0.5) is 5.13 Å². The topological polar surface area (TPSA) is 137 Å². The Bertz CT molecular complexity index is 1130. The number of halogens is 2. The lowest BCUT2D eigenvalue weighted by molar-refractivity contribution is 0.0297. The number of thiazole rings is 1. The highest BCUT2D eigenvalue weighted by Gasteiger charge is 2.35. The number of morpholine rings is 1. The first-order chi connectivity index (χ1) is 16.7. The van der Waals surface area contributed by atoms with Crippen molar-refractivity contribution >= 4 is 57.5 Å². The number of H-pyrrole nitrogens is 1. The van der Waals surface area contributed by atoms with Crippen molar-refractivity contribution in [3.63, 3.8) is 0 Å². The molecule has 0 spiro atoms. The second kappa shape index (κ2) is 10.7. The molecule has 0 radical (unpaired) electrons. The Morgan fingerprint density at radius 1 is 1.23 bits per heavy atom. The first-order valence-electron chi connectivity index (χ1n) is 10.9. The van der Waals surface area contributed by atoms with Gasteiger partial charge in [-0.2, -0.15) is 0 Å². The molecule has 2 aromatic heterocycles. The number of nitrogens with zero attached hydrogens (tertiary/aromatic N) is 3. The number of ether oxygens (including phenoxy) is 2. The summed E-state index contributed by atoms with van der Waals surface area (Å²) in [5.41, 5.74) is 0.710. The first kappa shape index (κ1) is 25.7. The van der Waals surface area contributed by atoms with Crippen LogP contribution < -0.4 is 10.2 Å². The monoisotopic (exact) mass is 545 g/mol. The summed E-state index contributed by atoms with van der Waals surface area (Å²) in [4.78, 5) is 48.2. The standard InChI is InChI=1S/C21H25Cl2N5O6S/c1-10-13(22)14(23)15(24-10)18(29)25-11-3-4-28(9-12(11)33-2)21-26-16(17(35-21)20(31)32)19(30)27-5-7-34-8-6-27/h11-12,24H,3-9H2,1-2H3,(H,25,29)(H,31,32). The third kappa shape index (κ3) is 5.26. The van der Waals surface area contributed by atoms with E-state index >= 15 is 0 Å². The van der Waals surface area contributed by atoms with E-state index in [1.807, 2.05) is 4.90 Å². The maximum Gasteiger partial charge on any atom is 0.348 e. The minimum atomic E-state index is -1.20. The Morgan fingerprint density at radius 2 is 1.94 bits per heavy atom. The number of aryl methyl sites for hydroxylation is 1. The zero-order chi connectivity index (χ0) is 25.3. The molecule has 0 aliphatic carbocycles. The molecule has 11 nitrogen and oxygen atoms in total. The number of anilines is 1. The molecule has 4 heterocycles. The predicted molar refractivity (Wildman–Crippen MR) is 130 cm³/mol. The Morgan fingerprint density at radius 3 is 2.54 bits per heavy atom. The Balaban J connectivity index is 1.48. The number of carboxylic acid groups (broad SMARTS) is 1. The molecule has 2 fully saturated rings. The molecule has 2 unspecified atom stereocenters. The van der Waals surface area contributed by atoms with Crippen LogP contribution in [0.1, 0.15) is 42.8 Å². The summed E-state index contributed by atoms with van der Waals surface area (Å²) in [7, 11) is 1.54. The molecule has 2 saturated heterocycles.